The Morgan fingerprint density at radius 2 is 2.35 bits per heavy atom. The van der Waals surface area contributed by atoms with Crippen LogP contribution in [0.5, 0.6) is 0 Å². The predicted molar refractivity (Wildman–Crippen MR) is 63.3 cm³/mol. The van der Waals surface area contributed by atoms with E-state index in [4.69, 9.17) is 0 Å². The van der Waals surface area contributed by atoms with Gasteiger partial charge in [0, 0.05) is 12.7 Å². The van der Waals surface area contributed by atoms with Crippen molar-refractivity contribution in [1.29, 1.82) is 0 Å². The van der Waals surface area contributed by atoms with E-state index in [1.165, 1.54) is 0 Å². The summed E-state index contributed by atoms with van der Waals surface area (Å²) in [7, 11) is 0. The van der Waals surface area contributed by atoms with Crippen LogP contribution in [-0.4, -0.2) is 23.3 Å². The number of carbonyl (C=O) groups is 2. The third kappa shape index (κ3) is 2.81. The van der Waals surface area contributed by atoms with Crippen LogP contribution in [0.2, 0.25) is 0 Å². The number of amides is 2. The molecule has 0 unspecified atom stereocenters. The number of piperidine rings is 1. The van der Waals surface area contributed by atoms with Crippen LogP contribution in [0.15, 0.2) is 18.3 Å². The maximum Gasteiger partial charge on any atom is 0.238 e. The summed E-state index contributed by atoms with van der Waals surface area (Å²) in [4.78, 5) is 27.4. The lowest BCUT2D eigenvalue weighted by atomic mass is 9.98. The summed E-state index contributed by atoms with van der Waals surface area (Å²) in [5, 5.41) is 5.35. The molecule has 1 aliphatic rings. The molecule has 0 aromatic carbocycles. The molecule has 0 spiro atoms. The van der Waals surface area contributed by atoms with Gasteiger partial charge in [0.2, 0.25) is 11.8 Å². The highest BCUT2D eigenvalue weighted by Crippen LogP contribution is 2.14. The first-order valence-electron chi connectivity index (χ1n) is 5.68. The zero-order valence-corrected chi connectivity index (χ0v) is 9.69. The third-order valence-electron chi connectivity index (χ3n) is 2.76. The molecule has 0 bridgehead atoms. The van der Waals surface area contributed by atoms with E-state index in [1.54, 1.807) is 12.3 Å². The lowest BCUT2D eigenvalue weighted by molar-refractivity contribution is -0.134. The van der Waals surface area contributed by atoms with Gasteiger partial charge in [-0.15, -0.1) is 0 Å². The average molecular weight is 233 g/mol. The number of rotatable bonds is 2. The summed E-state index contributed by atoms with van der Waals surface area (Å²) in [6.45, 7) is 2.58. The largest absolute Gasteiger partial charge is 0.355 e. The highest BCUT2D eigenvalue weighted by molar-refractivity contribution is 6.06. The van der Waals surface area contributed by atoms with Crippen LogP contribution in [0.1, 0.15) is 18.4 Å². The first kappa shape index (κ1) is 11.6. The summed E-state index contributed by atoms with van der Waals surface area (Å²) in [6, 6.07) is 3.59. The molecular weight excluding hydrogens is 218 g/mol. The van der Waals surface area contributed by atoms with Crippen LogP contribution in [0, 0.1) is 12.8 Å². The number of aryl methyl sites for hydroxylation is 1. The van der Waals surface area contributed by atoms with Gasteiger partial charge in [-0.3, -0.25) is 9.59 Å². The minimum Gasteiger partial charge on any atom is -0.355 e. The quantitative estimate of drug-likeness (QED) is 0.744. The fraction of sp³-hybridized carbons (Fsp3) is 0.417. The SMILES string of the molecule is Cc1ccc(NC(=O)[C@H]2CCCNC2=O)nc1. The highest BCUT2D eigenvalue weighted by atomic mass is 16.2. The molecular formula is C12H15N3O2. The number of carbonyl (C=O) groups excluding carboxylic acids is 2. The van der Waals surface area contributed by atoms with Gasteiger partial charge in [0.05, 0.1) is 0 Å². The van der Waals surface area contributed by atoms with Gasteiger partial charge in [0.15, 0.2) is 0 Å². The second-order valence-electron chi connectivity index (χ2n) is 4.20. The van der Waals surface area contributed by atoms with Crippen molar-refractivity contribution < 1.29 is 9.59 Å². The molecule has 1 aliphatic heterocycles. The molecule has 2 heterocycles. The van der Waals surface area contributed by atoms with Gasteiger partial charge in [-0.05, 0) is 31.4 Å². The molecule has 1 aromatic rings. The number of hydrogen-bond acceptors (Lipinski definition) is 3. The Morgan fingerprint density at radius 3 is 3.00 bits per heavy atom. The Balaban J connectivity index is 2.00. The minimum absolute atomic E-state index is 0.194. The lowest BCUT2D eigenvalue weighted by Crippen LogP contribution is -2.42. The number of hydrogen-bond donors (Lipinski definition) is 2. The molecule has 90 valence electrons. The van der Waals surface area contributed by atoms with Crippen molar-refractivity contribution in [3.63, 3.8) is 0 Å². The van der Waals surface area contributed by atoms with Crippen LogP contribution in [-0.2, 0) is 9.59 Å². The van der Waals surface area contributed by atoms with Gasteiger partial charge in [-0.1, -0.05) is 6.07 Å². The Labute approximate surface area is 99.6 Å². The Hall–Kier alpha value is -1.91. The normalized spacial score (nSPS) is 19.6. The number of aromatic nitrogens is 1. The summed E-state index contributed by atoms with van der Waals surface area (Å²) < 4.78 is 0. The van der Waals surface area contributed by atoms with Crippen molar-refractivity contribution in [3.8, 4) is 0 Å². The van der Waals surface area contributed by atoms with E-state index in [0.29, 0.717) is 18.8 Å². The van der Waals surface area contributed by atoms with Crippen molar-refractivity contribution in [3.05, 3.63) is 23.9 Å². The summed E-state index contributed by atoms with van der Waals surface area (Å²) >= 11 is 0. The zero-order valence-electron chi connectivity index (χ0n) is 9.69. The van der Waals surface area contributed by atoms with Crippen molar-refractivity contribution in [1.82, 2.24) is 10.3 Å². The van der Waals surface area contributed by atoms with E-state index >= 15 is 0 Å². The molecule has 1 aromatic heterocycles. The fourth-order valence-electron chi connectivity index (χ4n) is 1.78. The summed E-state index contributed by atoms with van der Waals surface area (Å²) in [5.41, 5.74) is 1.03. The second kappa shape index (κ2) is 4.95. The molecule has 5 heteroatoms. The van der Waals surface area contributed by atoms with E-state index in [9.17, 15) is 9.59 Å². The third-order valence-corrected chi connectivity index (χ3v) is 2.76. The first-order valence-corrected chi connectivity index (χ1v) is 5.68. The predicted octanol–water partition coefficient (Wildman–Crippen LogP) is 0.855. The van der Waals surface area contributed by atoms with Gasteiger partial charge in [-0.25, -0.2) is 4.98 Å². The molecule has 0 radical (unpaired) electrons. The fourth-order valence-corrected chi connectivity index (χ4v) is 1.78. The number of pyridine rings is 1. The van der Waals surface area contributed by atoms with Crippen LogP contribution in [0.4, 0.5) is 5.82 Å². The van der Waals surface area contributed by atoms with Crippen molar-refractivity contribution in [2.45, 2.75) is 19.8 Å². The van der Waals surface area contributed by atoms with E-state index in [0.717, 1.165) is 12.0 Å². The number of anilines is 1. The van der Waals surface area contributed by atoms with Gasteiger partial charge in [0.1, 0.15) is 11.7 Å². The first-order chi connectivity index (χ1) is 8.16. The van der Waals surface area contributed by atoms with E-state index in [-0.39, 0.29) is 11.8 Å². The van der Waals surface area contributed by atoms with Gasteiger partial charge >= 0.3 is 0 Å². The highest BCUT2D eigenvalue weighted by Gasteiger charge is 2.29. The van der Waals surface area contributed by atoms with Crippen LogP contribution in [0.25, 0.3) is 0 Å². The van der Waals surface area contributed by atoms with Crippen LogP contribution in [0.3, 0.4) is 0 Å². The summed E-state index contributed by atoms with van der Waals surface area (Å²) in [6.07, 6.45) is 3.12. The van der Waals surface area contributed by atoms with Gasteiger partial charge in [-0.2, -0.15) is 0 Å². The molecule has 2 amide bonds. The van der Waals surface area contributed by atoms with Crippen molar-refractivity contribution in [2.24, 2.45) is 5.92 Å². The lowest BCUT2D eigenvalue weighted by Gasteiger charge is -2.20. The smallest absolute Gasteiger partial charge is 0.238 e. The average Bonchev–Trinajstić information content (AvgIpc) is 2.32. The second-order valence-corrected chi connectivity index (χ2v) is 4.20. The molecule has 0 saturated carbocycles. The molecule has 2 rings (SSSR count). The van der Waals surface area contributed by atoms with Crippen molar-refractivity contribution in [2.75, 3.05) is 11.9 Å². The molecule has 0 aliphatic carbocycles. The number of nitrogens with one attached hydrogen (secondary N) is 2. The molecule has 5 nitrogen and oxygen atoms in total. The van der Waals surface area contributed by atoms with Crippen LogP contribution < -0.4 is 10.6 Å². The van der Waals surface area contributed by atoms with Gasteiger partial charge < -0.3 is 10.6 Å². The summed E-state index contributed by atoms with van der Waals surface area (Å²) in [5.74, 6) is -0.578. The van der Waals surface area contributed by atoms with Gasteiger partial charge in [0.25, 0.3) is 0 Å². The van der Waals surface area contributed by atoms with E-state index in [2.05, 4.69) is 15.6 Å². The molecule has 2 N–H and O–H groups in total. The maximum atomic E-state index is 11.9. The Kier molecular flexibility index (Phi) is 3.37. The maximum absolute atomic E-state index is 11.9. The zero-order chi connectivity index (χ0) is 12.3. The topological polar surface area (TPSA) is 71.1 Å². The van der Waals surface area contributed by atoms with E-state index in [1.807, 2.05) is 13.0 Å². The van der Waals surface area contributed by atoms with Crippen molar-refractivity contribution >= 4 is 17.6 Å². The monoisotopic (exact) mass is 233 g/mol. The molecule has 17 heavy (non-hydrogen) atoms. The number of nitrogens with zero attached hydrogens (tertiary/aromatic N) is 1. The van der Waals surface area contributed by atoms with Crippen LogP contribution >= 0.6 is 0 Å². The molecule has 1 saturated heterocycles. The minimum atomic E-state index is -0.591. The molecule has 1 fully saturated rings. The molecule has 1 atom stereocenters. The Bertz CT molecular complexity index is 428. The van der Waals surface area contributed by atoms with E-state index < -0.39 is 5.92 Å². The standard InChI is InChI=1S/C12H15N3O2/c1-8-4-5-10(14-7-8)15-12(17)9-3-2-6-13-11(9)16/h4-5,7,9H,2-3,6H2,1H3,(H,13,16)(H,14,15,17)/t9-/m0/s1. The Morgan fingerprint density at radius 1 is 1.53 bits per heavy atom.